The second kappa shape index (κ2) is 7.99. The van der Waals surface area contributed by atoms with E-state index in [0.717, 1.165) is 29.0 Å². The van der Waals surface area contributed by atoms with Crippen LogP contribution >= 0.6 is 0 Å². The highest BCUT2D eigenvalue weighted by molar-refractivity contribution is 5.83. The van der Waals surface area contributed by atoms with Crippen LogP contribution in [-0.4, -0.2) is 48.4 Å². The summed E-state index contributed by atoms with van der Waals surface area (Å²) >= 11 is 0. The van der Waals surface area contributed by atoms with Crippen LogP contribution < -0.4 is 10.1 Å². The number of ether oxygens (including phenoxy) is 1. The maximum Gasteiger partial charge on any atom is 0.222 e. The minimum absolute atomic E-state index is 0.0512. The molecule has 2 aromatic rings. The zero-order chi connectivity index (χ0) is 18.5. The third-order valence-electron chi connectivity index (χ3n) is 4.36. The zero-order valence-electron chi connectivity index (χ0n) is 15.1. The van der Waals surface area contributed by atoms with Crippen LogP contribution in [-0.2, 0) is 16.0 Å². The van der Waals surface area contributed by atoms with Crippen molar-refractivity contribution in [2.45, 2.75) is 25.4 Å². The number of para-hydroxylation sites is 1. The monoisotopic (exact) mass is 353 g/mol. The maximum atomic E-state index is 11.9. The molecule has 3 rings (SSSR count). The van der Waals surface area contributed by atoms with Crippen LogP contribution in [0.1, 0.15) is 18.4 Å². The average Bonchev–Trinajstić information content (AvgIpc) is 3.08. The van der Waals surface area contributed by atoms with Crippen LogP contribution in [0.25, 0.3) is 11.3 Å². The average molecular weight is 353 g/mol. The Morgan fingerprint density at radius 1 is 1.19 bits per heavy atom. The van der Waals surface area contributed by atoms with E-state index in [2.05, 4.69) is 10.3 Å². The topological polar surface area (TPSA) is 71.5 Å². The fourth-order valence-electron chi connectivity index (χ4n) is 2.94. The van der Waals surface area contributed by atoms with Gasteiger partial charge in [0.05, 0.1) is 12.2 Å². The third-order valence-corrected chi connectivity index (χ3v) is 4.36. The molecule has 136 valence electrons. The highest BCUT2D eigenvalue weighted by Gasteiger charge is 2.26. The van der Waals surface area contributed by atoms with Crippen LogP contribution in [0, 0.1) is 0 Å². The first-order valence-electron chi connectivity index (χ1n) is 8.71. The number of nitrogens with zero attached hydrogens (tertiary/aromatic N) is 2. The smallest absolute Gasteiger partial charge is 0.222 e. The van der Waals surface area contributed by atoms with Crippen molar-refractivity contribution in [3.05, 3.63) is 48.2 Å². The van der Waals surface area contributed by atoms with Gasteiger partial charge in [-0.25, -0.2) is 0 Å². The van der Waals surface area contributed by atoms with E-state index in [1.165, 1.54) is 4.90 Å². The van der Waals surface area contributed by atoms with E-state index in [1.807, 2.05) is 36.4 Å². The highest BCUT2D eigenvalue weighted by Crippen LogP contribution is 2.37. The Balaban J connectivity index is 1.56. The number of carbonyl (C=O) groups is 2. The number of nitrogens with one attached hydrogen (secondary N) is 1. The standard InChI is InChI=1S/C20H23N3O3/c1-23(2)19(25)10-9-18(24)22-13-15-12-14-6-5-7-16(20(14)26-15)17-8-3-4-11-21-17/h3-8,11,15H,9-10,12-13H2,1-2H3,(H,22,24)/t15-/m0/s1. The van der Waals surface area contributed by atoms with Crippen molar-refractivity contribution in [1.29, 1.82) is 0 Å². The minimum Gasteiger partial charge on any atom is -0.487 e. The Morgan fingerprint density at radius 3 is 2.77 bits per heavy atom. The van der Waals surface area contributed by atoms with Crippen molar-refractivity contribution in [2.24, 2.45) is 0 Å². The molecule has 1 aromatic heterocycles. The van der Waals surface area contributed by atoms with Gasteiger partial charge in [0.2, 0.25) is 11.8 Å². The van der Waals surface area contributed by atoms with E-state index in [0.29, 0.717) is 6.54 Å². The van der Waals surface area contributed by atoms with Gasteiger partial charge in [0.1, 0.15) is 11.9 Å². The predicted octanol–water partition coefficient (Wildman–Crippen LogP) is 2.04. The van der Waals surface area contributed by atoms with Crippen LogP contribution in [0.15, 0.2) is 42.6 Å². The van der Waals surface area contributed by atoms with E-state index in [1.54, 1.807) is 20.3 Å². The SMILES string of the molecule is CN(C)C(=O)CCC(=O)NC[C@@H]1Cc2cccc(-c3ccccn3)c2O1. The molecular formula is C20H23N3O3. The number of hydrogen-bond donors (Lipinski definition) is 1. The van der Waals surface area contributed by atoms with Crippen LogP contribution in [0.2, 0.25) is 0 Å². The second-order valence-electron chi connectivity index (χ2n) is 6.55. The molecular weight excluding hydrogens is 330 g/mol. The van der Waals surface area contributed by atoms with E-state index in [-0.39, 0.29) is 30.8 Å². The zero-order valence-corrected chi connectivity index (χ0v) is 15.1. The molecule has 26 heavy (non-hydrogen) atoms. The van der Waals surface area contributed by atoms with Gasteiger partial charge in [-0.1, -0.05) is 18.2 Å². The normalized spacial score (nSPS) is 15.1. The Labute approximate surface area is 153 Å². The molecule has 1 aliphatic heterocycles. The summed E-state index contributed by atoms with van der Waals surface area (Å²) in [6.45, 7) is 0.422. The quantitative estimate of drug-likeness (QED) is 0.863. The third kappa shape index (κ3) is 4.20. The van der Waals surface area contributed by atoms with E-state index < -0.39 is 0 Å². The van der Waals surface area contributed by atoms with Gasteiger partial charge in [-0.2, -0.15) is 0 Å². The molecule has 0 spiro atoms. The summed E-state index contributed by atoms with van der Waals surface area (Å²) < 4.78 is 6.08. The molecule has 2 heterocycles. The summed E-state index contributed by atoms with van der Waals surface area (Å²) in [6, 6.07) is 11.8. The predicted molar refractivity (Wildman–Crippen MR) is 98.7 cm³/mol. The maximum absolute atomic E-state index is 11.9. The lowest BCUT2D eigenvalue weighted by Gasteiger charge is -2.14. The number of aromatic nitrogens is 1. The molecule has 6 heteroatoms. The number of hydrogen-bond acceptors (Lipinski definition) is 4. The van der Waals surface area contributed by atoms with Gasteiger partial charge in [-0.3, -0.25) is 14.6 Å². The van der Waals surface area contributed by atoms with Crippen LogP contribution in [0.4, 0.5) is 0 Å². The molecule has 6 nitrogen and oxygen atoms in total. The van der Waals surface area contributed by atoms with Crippen molar-refractivity contribution < 1.29 is 14.3 Å². The molecule has 0 aliphatic carbocycles. The largest absolute Gasteiger partial charge is 0.487 e. The molecule has 0 radical (unpaired) electrons. The lowest BCUT2D eigenvalue weighted by Crippen LogP contribution is -2.35. The summed E-state index contributed by atoms with van der Waals surface area (Å²) in [5, 5.41) is 2.86. The van der Waals surface area contributed by atoms with E-state index in [4.69, 9.17) is 4.74 Å². The van der Waals surface area contributed by atoms with E-state index >= 15 is 0 Å². The first-order valence-corrected chi connectivity index (χ1v) is 8.71. The summed E-state index contributed by atoms with van der Waals surface area (Å²) in [5.74, 6) is 0.655. The van der Waals surface area contributed by atoms with Crippen molar-refractivity contribution in [3.8, 4) is 17.0 Å². The fraction of sp³-hybridized carbons (Fsp3) is 0.350. The molecule has 0 bridgehead atoms. The van der Waals surface area contributed by atoms with Crippen molar-refractivity contribution >= 4 is 11.8 Å². The molecule has 2 amide bonds. The highest BCUT2D eigenvalue weighted by atomic mass is 16.5. The second-order valence-corrected chi connectivity index (χ2v) is 6.55. The first-order chi connectivity index (χ1) is 12.5. The lowest BCUT2D eigenvalue weighted by atomic mass is 10.0. The Bertz CT molecular complexity index is 790. The summed E-state index contributed by atoms with van der Waals surface area (Å²) in [5.41, 5.74) is 2.96. The fourth-order valence-corrected chi connectivity index (χ4v) is 2.94. The number of carbonyl (C=O) groups excluding carboxylic acids is 2. The van der Waals surface area contributed by atoms with Gasteiger partial charge in [0.15, 0.2) is 0 Å². The summed E-state index contributed by atoms with van der Waals surface area (Å²) in [4.78, 5) is 29.4. The summed E-state index contributed by atoms with van der Waals surface area (Å²) in [7, 11) is 3.37. The Kier molecular flexibility index (Phi) is 5.51. The van der Waals surface area contributed by atoms with Gasteiger partial charge < -0.3 is 15.0 Å². The number of amides is 2. The Hall–Kier alpha value is -2.89. The van der Waals surface area contributed by atoms with Crippen LogP contribution in [0.3, 0.4) is 0 Å². The van der Waals surface area contributed by atoms with Gasteiger partial charge in [0.25, 0.3) is 0 Å². The minimum atomic E-state index is -0.135. The molecule has 1 aromatic carbocycles. The summed E-state index contributed by atoms with van der Waals surface area (Å²) in [6.07, 6.45) is 2.80. The Morgan fingerprint density at radius 2 is 2.04 bits per heavy atom. The number of benzene rings is 1. The molecule has 1 atom stereocenters. The van der Waals surface area contributed by atoms with Crippen molar-refractivity contribution in [2.75, 3.05) is 20.6 Å². The number of rotatable bonds is 6. The molecule has 0 saturated carbocycles. The molecule has 0 fully saturated rings. The first kappa shape index (κ1) is 17.9. The molecule has 0 saturated heterocycles. The van der Waals surface area contributed by atoms with Crippen molar-refractivity contribution in [1.82, 2.24) is 15.2 Å². The van der Waals surface area contributed by atoms with Gasteiger partial charge in [-0.15, -0.1) is 0 Å². The molecule has 0 unspecified atom stereocenters. The number of pyridine rings is 1. The van der Waals surface area contributed by atoms with Gasteiger partial charge in [-0.05, 0) is 23.8 Å². The number of fused-ring (bicyclic) bond motifs is 1. The van der Waals surface area contributed by atoms with Crippen molar-refractivity contribution in [3.63, 3.8) is 0 Å². The lowest BCUT2D eigenvalue weighted by molar-refractivity contribution is -0.131. The van der Waals surface area contributed by atoms with Crippen LogP contribution in [0.5, 0.6) is 5.75 Å². The van der Waals surface area contributed by atoms with E-state index in [9.17, 15) is 9.59 Å². The molecule has 1 aliphatic rings. The molecule has 1 N–H and O–H groups in total. The van der Waals surface area contributed by atoms with Gasteiger partial charge in [0, 0.05) is 45.1 Å². The van der Waals surface area contributed by atoms with Gasteiger partial charge >= 0.3 is 0 Å².